The summed E-state index contributed by atoms with van der Waals surface area (Å²) in [6.45, 7) is 8.50. The summed E-state index contributed by atoms with van der Waals surface area (Å²) in [4.78, 5) is 2.57. The molecule has 2 fully saturated rings. The van der Waals surface area contributed by atoms with Crippen molar-refractivity contribution in [3.8, 4) is 0 Å². The van der Waals surface area contributed by atoms with Crippen molar-refractivity contribution >= 4 is 0 Å². The van der Waals surface area contributed by atoms with E-state index < -0.39 is 0 Å². The van der Waals surface area contributed by atoms with Gasteiger partial charge >= 0.3 is 0 Å². The Kier molecular flexibility index (Phi) is 4.00. The molecule has 3 nitrogen and oxygen atoms in total. The van der Waals surface area contributed by atoms with Crippen LogP contribution in [0.1, 0.15) is 32.6 Å². The van der Waals surface area contributed by atoms with Crippen molar-refractivity contribution in [3.63, 3.8) is 0 Å². The summed E-state index contributed by atoms with van der Waals surface area (Å²) in [5, 5.41) is 3.73. The molecule has 1 heterocycles. The van der Waals surface area contributed by atoms with E-state index in [0.29, 0.717) is 5.54 Å². The van der Waals surface area contributed by atoms with Gasteiger partial charge in [-0.2, -0.15) is 0 Å². The lowest BCUT2D eigenvalue weighted by Gasteiger charge is -2.41. The highest BCUT2D eigenvalue weighted by molar-refractivity contribution is 4.97. The van der Waals surface area contributed by atoms with Gasteiger partial charge in [-0.1, -0.05) is 12.8 Å². The summed E-state index contributed by atoms with van der Waals surface area (Å²) in [6.07, 6.45) is 5.56. The molecule has 88 valence electrons. The third kappa shape index (κ3) is 2.92. The van der Waals surface area contributed by atoms with Crippen LogP contribution in [-0.2, 0) is 4.74 Å². The number of ether oxygens (including phenoxy) is 1. The van der Waals surface area contributed by atoms with Gasteiger partial charge in [0.25, 0.3) is 0 Å². The minimum Gasteiger partial charge on any atom is -0.380 e. The average molecular weight is 212 g/mol. The molecule has 1 aliphatic carbocycles. The van der Waals surface area contributed by atoms with Crippen molar-refractivity contribution in [1.82, 2.24) is 10.2 Å². The van der Waals surface area contributed by atoms with Gasteiger partial charge in [0.15, 0.2) is 0 Å². The lowest BCUT2D eigenvalue weighted by Crippen LogP contribution is -2.59. The van der Waals surface area contributed by atoms with Gasteiger partial charge in [-0.25, -0.2) is 0 Å². The number of nitrogens with one attached hydrogen (secondary N) is 1. The molecule has 0 aromatic rings. The van der Waals surface area contributed by atoms with E-state index in [1.54, 1.807) is 0 Å². The number of hydrogen-bond acceptors (Lipinski definition) is 3. The molecule has 15 heavy (non-hydrogen) atoms. The Morgan fingerprint density at radius 3 is 2.87 bits per heavy atom. The number of rotatable bonds is 4. The SMILES string of the molecule is CCOCCN1CCNC2(CCCC2)C1. The standard InChI is InChI=1S/C12H24N2O/c1-2-15-10-9-14-8-7-13-12(11-14)5-3-4-6-12/h13H,2-11H2,1H3. The Balaban J connectivity index is 1.76. The highest BCUT2D eigenvalue weighted by Gasteiger charge is 2.37. The van der Waals surface area contributed by atoms with E-state index in [9.17, 15) is 0 Å². The van der Waals surface area contributed by atoms with E-state index in [2.05, 4.69) is 17.1 Å². The molecule has 1 aliphatic heterocycles. The van der Waals surface area contributed by atoms with Gasteiger partial charge in [0.05, 0.1) is 6.61 Å². The van der Waals surface area contributed by atoms with Crippen molar-refractivity contribution in [2.75, 3.05) is 39.4 Å². The molecule has 0 bridgehead atoms. The third-order valence-electron chi connectivity index (χ3n) is 3.77. The maximum Gasteiger partial charge on any atom is 0.0593 e. The van der Waals surface area contributed by atoms with E-state index >= 15 is 0 Å². The molecular formula is C12H24N2O. The van der Waals surface area contributed by atoms with Crippen LogP contribution >= 0.6 is 0 Å². The van der Waals surface area contributed by atoms with E-state index in [1.807, 2.05) is 0 Å². The van der Waals surface area contributed by atoms with Crippen LogP contribution in [0.4, 0.5) is 0 Å². The lowest BCUT2D eigenvalue weighted by atomic mass is 9.94. The molecule has 1 saturated heterocycles. The first-order chi connectivity index (χ1) is 7.35. The maximum atomic E-state index is 5.43. The first-order valence-electron chi connectivity index (χ1n) is 6.40. The molecule has 1 saturated carbocycles. The topological polar surface area (TPSA) is 24.5 Å². The van der Waals surface area contributed by atoms with Crippen LogP contribution in [0.5, 0.6) is 0 Å². The van der Waals surface area contributed by atoms with Gasteiger partial charge in [-0.05, 0) is 19.8 Å². The van der Waals surface area contributed by atoms with Crippen molar-refractivity contribution in [1.29, 1.82) is 0 Å². The van der Waals surface area contributed by atoms with Crippen molar-refractivity contribution in [3.05, 3.63) is 0 Å². The van der Waals surface area contributed by atoms with Crippen LogP contribution in [-0.4, -0.2) is 49.8 Å². The molecule has 2 rings (SSSR count). The normalized spacial score (nSPS) is 26.2. The molecule has 1 spiro atoms. The zero-order valence-corrected chi connectivity index (χ0v) is 9.93. The summed E-state index contributed by atoms with van der Waals surface area (Å²) >= 11 is 0. The maximum absolute atomic E-state index is 5.43. The first kappa shape index (κ1) is 11.4. The fourth-order valence-corrected chi connectivity index (χ4v) is 2.96. The van der Waals surface area contributed by atoms with E-state index in [-0.39, 0.29) is 0 Å². The number of nitrogens with zero attached hydrogens (tertiary/aromatic N) is 1. The molecule has 0 amide bonds. The second-order valence-corrected chi connectivity index (χ2v) is 4.89. The van der Waals surface area contributed by atoms with Gasteiger partial charge in [0.1, 0.15) is 0 Å². The molecule has 0 aromatic heterocycles. The number of piperazine rings is 1. The zero-order chi connectivity index (χ0) is 10.6. The largest absolute Gasteiger partial charge is 0.380 e. The van der Waals surface area contributed by atoms with Gasteiger partial charge < -0.3 is 10.1 Å². The molecule has 0 unspecified atom stereocenters. The third-order valence-corrected chi connectivity index (χ3v) is 3.77. The van der Waals surface area contributed by atoms with E-state index in [0.717, 1.165) is 26.3 Å². The predicted molar refractivity (Wildman–Crippen MR) is 62.1 cm³/mol. The van der Waals surface area contributed by atoms with E-state index in [1.165, 1.54) is 38.8 Å². The van der Waals surface area contributed by atoms with Crippen molar-refractivity contribution in [2.45, 2.75) is 38.1 Å². The van der Waals surface area contributed by atoms with Gasteiger partial charge in [0, 0.05) is 38.3 Å². The lowest BCUT2D eigenvalue weighted by molar-refractivity contribution is 0.0789. The zero-order valence-electron chi connectivity index (χ0n) is 9.93. The summed E-state index contributed by atoms with van der Waals surface area (Å²) < 4.78 is 5.43. The molecule has 3 heteroatoms. The Morgan fingerprint density at radius 1 is 1.33 bits per heavy atom. The second-order valence-electron chi connectivity index (χ2n) is 4.89. The van der Waals surface area contributed by atoms with E-state index in [4.69, 9.17) is 4.74 Å². The van der Waals surface area contributed by atoms with Crippen LogP contribution in [0.15, 0.2) is 0 Å². The predicted octanol–water partition coefficient (Wildman–Crippen LogP) is 1.24. The molecular weight excluding hydrogens is 188 g/mol. The molecule has 1 N–H and O–H groups in total. The quantitative estimate of drug-likeness (QED) is 0.710. The molecule has 2 aliphatic rings. The van der Waals surface area contributed by atoms with Crippen LogP contribution in [0.25, 0.3) is 0 Å². The minimum absolute atomic E-state index is 0.463. The van der Waals surface area contributed by atoms with Crippen LogP contribution in [0, 0.1) is 0 Å². The molecule has 0 atom stereocenters. The fraction of sp³-hybridized carbons (Fsp3) is 1.00. The van der Waals surface area contributed by atoms with Gasteiger partial charge in [-0.15, -0.1) is 0 Å². The van der Waals surface area contributed by atoms with Crippen LogP contribution in [0.2, 0.25) is 0 Å². The smallest absolute Gasteiger partial charge is 0.0593 e. The van der Waals surface area contributed by atoms with Crippen LogP contribution in [0.3, 0.4) is 0 Å². The first-order valence-corrected chi connectivity index (χ1v) is 6.40. The Bertz CT molecular complexity index is 190. The van der Waals surface area contributed by atoms with Crippen molar-refractivity contribution < 1.29 is 4.74 Å². The Morgan fingerprint density at radius 2 is 2.13 bits per heavy atom. The average Bonchev–Trinajstić information content (AvgIpc) is 2.67. The molecule has 0 aromatic carbocycles. The summed E-state index contributed by atoms with van der Waals surface area (Å²) in [7, 11) is 0. The van der Waals surface area contributed by atoms with Gasteiger partial charge in [0.2, 0.25) is 0 Å². The summed E-state index contributed by atoms with van der Waals surface area (Å²) in [6, 6.07) is 0. The Labute approximate surface area is 93.2 Å². The highest BCUT2D eigenvalue weighted by Crippen LogP contribution is 2.31. The number of hydrogen-bond donors (Lipinski definition) is 1. The Hall–Kier alpha value is -0.120. The van der Waals surface area contributed by atoms with Crippen molar-refractivity contribution in [2.24, 2.45) is 0 Å². The molecule has 0 radical (unpaired) electrons. The summed E-state index contributed by atoms with van der Waals surface area (Å²) in [5.41, 5.74) is 0.463. The fourth-order valence-electron chi connectivity index (χ4n) is 2.96. The van der Waals surface area contributed by atoms with Gasteiger partial charge in [-0.3, -0.25) is 4.90 Å². The second kappa shape index (κ2) is 5.28. The monoisotopic (exact) mass is 212 g/mol. The highest BCUT2D eigenvalue weighted by atomic mass is 16.5. The summed E-state index contributed by atoms with van der Waals surface area (Å²) in [5.74, 6) is 0. The van der Waals surface area contributed by atoms with Crippen LogP contribution < -0.4 is 5.32 Å². The minimum atomic E-state index is 0.463.